The molecule has 0 radical (unpaired) electrons. The lowest BCUT2D eigenvalue weighted by molar-refractivity contribution is -0.151. The highest BCUT2D eigenvalue weighted by molar-refractivity contribution is 6.31. The first-order chi connectivity index (χ1) is 8.34. The third-order valence-electron chi connectivity index (χ3n) is 3.93. The molecule has 3 atom stereocenters. The van der Waals surface area contributed by atoms with Gasteiger partial charge in [0.05, 0.1) is 5.60 Å². The average molecular weight is 277 g/mol. The van der Waals surface area contributed by atoms with Crippen molar-refractivity contribution in [1.29, 1.82) is 0 Å². The van der Waals surface area contributed by atoms with E-state index in [1.807, 2.05) is 13.8 Å². The number of likely N-dealkylation sites (tertiary alicyclic amines) is 1. The maximum atomic E-state index is 11.9. The van der Waals surface area contributed by atoms with Gasteiger partial charge in [-0.05, 0) is 40.0 Å². The highest BCUT2D eigenvalue weighted by Crippen LogP contribution is 2.25. The molecule has 0 aliphatic carbocycles. The highest BCUT2D eigenvalue weighted by Gasteiger charge is 2.39. The molecule has 4 nitrogen and oxygen atoms in total. The SMILES string of the molecule is CCC(C)(CC)ONC(C)N1C(=O)C(Cl)CC1C. The number of nitrogens with one attached hydrogen (secondary N) is 1. The van der Waals surface area contributed by atoms with E-state index in [0.29, 0.717) is 6.42 Å². The molecule has 1 rings (SSSR count). The van der Waals surface area contributed by atoms with Crippen LogP contribution in [0.1, 0.15) is 53.9 Å². The van der Waals surface area contributed by atoms with E-state index in [0.717, 1.165) is 12.8 Å². The predicted molar refractivity (Wildman–Crippen MR) is 73.2 cm³/mol. The van der Waals surface area contributed by atoms with E-state index < -0.39 is 5.38 Å². The Balaban J connectivity index is 2.55. The van der Waals surface area contributed by atoms with Crippen molar-refractivity contribution in [2.24, 2.45) is 0 Å². The van der Waals surface area contributed by atoms with Crippen LogP contribution in [0.4, 0.5) is 0 Å². The lowest BCUT2D eigenvalue weighted by Crippen LogP contribution is -2.50. The van der Waals surface area contributed by atoms with Crippen molar-refractivity contribution in [3.05, 3.63) is 0 Å². The Morgan fingerprint density at radius 3 is 2.50 bits per heavy atom. The second-order valence-electron chi connectivity index (χ2n) is 5.35. The average Bonchev–Trinajstić information content (AvgIpc) is 2.60. The smallest absolute Gasteiger partial charge is 0.242 e. The molecular weight excluding hydrogens is 252 g/mol. The largest absolute Gasteiger partial charge is 0.321 e. The first-order valence-corrected chi connectivity index (χ1v) is 7.18. The zero-order valence-corrected chi connectivity index (χ0v) is 12.8. The highest BCUT2D eigenvalue weighted by atomic mass is 35.5. The second kappa shape index (κ2) is 6.22. The number of carbonyl (C=O) groups excluding carboxylic acids is 1. The van der Waals surface area contributed by atoms with Crippen LogP contribution < -0.4 is 5.48 Å². The summed E-state index contributed by atoms with van der Waals surface area (Å²) in [7, 11) is 0. The molecule has 0 spiro atoms. The van der Waals surface area contributed by atoms with E-state index in [4.69, 9.17) is 16.4 Å². The Morgan fingerprint density at radius 2 is 2.11 bits per heavy atom. The van der Waals surface area contributed by atoms with Crippen LogP contribution in [0, 0.1) is 0 Å². The maximum absolute atomic E-state index is 11.9. The van der Waals surface area contributed by atoms with E-state index in [1.54, 1.807) is 4.90 Å². The standard InChI is InChI=1S/C13H25ClN2O2/c1-6-13(5,7-2)18-15-10(4)16-9(3)8-11(14)12(16)17/h9-11,15H,6-8H2,1-5H3. The molecule has 0 bridgehead atoms. The molecule has 1 heterocycles. The van der Waals surface area contributed by atoms with Gasteiger partial charge < -0.3 is 4.90 Å². The summed E-state index contributed by atoms with van der Waals surface area (Å²) in [5.41, 5.74) is 2.80. The first-order valence-electron chi connectivity index (χ1n) is 6.74. The van der Waals surface area contributed by atoms with Gasteiger partial charge in [0.15, 0.2) is 0 Å². The predicted octanol–water partition coefficient (Wildman–Crippen LogP) is 2.66. The van der Waals surface area contributed by atoms with Crippen molar-refractivity contribution >= 4 is 17.5 Å². The minimum absolute atomic E-state index is 0.0116. The summed E-state index contributed by atoms with van der Waals surface area (Å²) >= 11 is 5.98. The number of rotatable bonds is 6. The van der Waals surface area contributed by atoms with Crippen molar-refractivity contribution in [1.82, 2.24) is 10.4 Å². The topological polar surface area (TPSA) is 41.6 Å². The molecule has 1 aliphatic rings. The minimum atomic E-state index is -0.395. The summed E-state index contributed by atoms with van der Waals surface area (Å²) in [5.74, 6) is -0.0116. The summed E-state index contributed by atoms with van der Waals surface area (Å²) in [4.78, 5) is 19.4. The van der Waals surface area contributed by atoms with E-state index >= 15 is 0 Å². The molecule has 18 heavy (non-hydrogen) atoms. The molecular formula is C13H25ClN2O2. The summed E-state index contributed by atoms with van der Waals surface area (Å²) < 4.78 is 0. The molecule has 0 aromatic heterocycles. The lowest BCUT2D eigenvalue weighted by Gasteiger charge is -2.34. The van der Waals surface area contributed by atoms with Crippen LogP contribution >= 0.6 is 11.6 Å². The van der Waals surface area contributed by atoms with Gasteiger partial charge >= 0.3 is 0 Å². The Morgan fingerprint density at radius 1 is 1.56 bits per heavy atom. The molecule has 0 aromatic carbocycles. The van der Waals surface area contributed by atoms with Gasteiger partial charge in [-0.3, -0.25) is 9.63 Å². The number of alkyl halides is 1. The van der Waals surface area contributed by atoms with Gasteiger partial charge in [0.25, 0.3) is 0 Å². The Bertz CT molecular complexity index is 295. The van der Waals surface area contributed by atoms with Crippen LogP contribution in [0.15, 0.2) is 0 Å². The lowest BCUT2D eigenvalue weighted by atomic mass is 10.0. The van der Waals surface area contributed by atoms with E-state index in [2.05, 4.69) is 26.3 Å². The molecule has 5 heteroatoms. The summed E-state index contributed by atoms with van der Waals surface area (Å²) in [6.07, 6.45) is 2.38. The van der Waals surface area contributed by atoms with Gasteiger partial charge in [0.1, 0.15) is 11.5 Å². The third kappa shape index (κ3) is 3.37. The van der Waals surface area contributed by atoms with Gasteiger partial charge in [-0.15, -0.1) is 11.6 Å². The third-order valence-corrected chi connectivity index (χ3v) is 4.30. The van der Waals surface area contributed by atoms with Crippen molar-refractivity contribution in [2.45, 2.75) is 77.1 Å². The van der Waals surface area contributed by atoms with E-state index in [-0.39, 0.29) is 23.7 Å². The Labute approximate surface area is 115 Å². The van der Waals surface area contributed by atoms with Crippen molar-refractivity contribution in [3.8, 4) is 0 Å². The van der Waals surface area contributed by atoms with Crippen LogP contribution in [0.3, 0.4) is 0 Å². The van der Waals surface area contributed by atoms with Crippen LogP contribution in [-0.2, 0) is 9.63 Å². The number of hydrogen-bond acceptors (Lipinski definition) is 3. The zero-order chi connectivity index (χ0) is 13.9. The van der Waals surface area contributed by atoms with E-state index in [9.17, 15) is 4.79 Å². The fraction of sp³-hybridized carbons (Fsp3) is 0.923. The number of hydroxylamine groups is 1. The van der Waals surface area contributed by atoms with Gasteiger partial charge in [-0.25, -0.2) is 0 Å². The number of carbonyl (C=O) groups is 1. The number of halogens is 1. The normalized spacial score (nSPS) is 26.8. The fourth-order valence-electron chi connectivity index (χ4n) is 2.14. The van der Waals surface area contributed by atoms with Crippen molar-refractivity contribution in [2.75, 3.05) is 0 Å². The van der Waals surface area contributed by atoms with E-state index in [1.165, 1.54) is 0 Å². The van der Waals surface area contributed by atoms with Gasteiger partial charge in [0, 0.05) is 6.04 Å². The van der Waals surface area contributed by atoms with Gasteiger partial charge in [0.2, 0.25) is 5.91 Å². The zero-order valence-electron chi connectivity index (χ0n) is 12.0. The Kier molecular flexibility index (Phi) is 5.44. The molecule has 106 valence electrons. The van der Waals surface area contributed by atoms with Crippen LogP contribution in [0.2, 0.25) is 0 Å². The molecule has 0 saturated carbocycles. The Hall–Kier alpha value is -0.320. The first kappa shape index (κ1) is 15.7. The summed E-state index contributed by atoms with van der Waals surface area (Å²) in [5, 5.41) is -0.395. The maximum Gasteiger partial charge on any atom is 0.242 e. The molecule has 1 fully saturated rings. The second-order valence-corrected chi connectivity index (χ2v) is 5.88. The molecule has 0 aromatic rings. The number of nitrogens with zero attached hydrogens (tertiary/aromatic N) is 1. The monoisotopic (exact) mass is 276 g/mol. The molecule has 3 unspecified atom stereocenters. The molecule has 1 amide bonds. The molecule has 1 saturated heterocycles. The van der Waals surface area contributed by atoms with Crippen molar-refractivity contribution < 1.29 is 9.63 Å². The number of amides is 1. The number of hydrogen-bond donors (Lipinski definition) is 1. The molecule has 1 aliphatic heterocycles. The minimum Gasteiger partial charge on any atom is -0.321 e. The quantitative estimate of drug-likeness (QED) is 0.599. The van der Waals surface area contributed by atoms with Crippen LogP contribution in [-0.4, -0.2) is 34.0 Å². The van der Waals surface area contributed by atoms with Gasteiger partial charge in [-0.2, -0.15) is 5.48 Å². The van der Waals surface area contributed by atoms with Gasteiger partial charge in [-0.1, -0.05) is 13.8 Å². The van der Waals surface area contributed by atoms with Crippen LogP contribution in [0.5, 0.6) is 0 Å². The summed E-state index contributed by atoms with van der Waals surface area (Å²) in [6.45, 7) is 10.2. The summed E-state index contributed by atoms with van der Waals surface area (Å²) in [6, 6.07) is 0.153. The fourth-order valence-corrected chi connectivity index (χ4v) is 2.51. The molecule has 1 N–H and O–H groups in total. The van der Waals surface area contributed by atoms with Crippen LogP contribution in [0.25, 0.3) is 0 Å². The van der Waals surface area contributed by atoms with Crippen molar-refractivity contribution in [3.63, 3.8) is 0 Å².